The van der Waals surface area contributed by atoms with E-state index < -0.39 is 0 Å². The molecule has 1 atom stereocenters. The van der Waals surface area contributed by atoms with Crippen LogP contribution in [0.4, 0.5) is 0 Å². The molecule has 1 heterocycles. The van der Waals surface area contributed by atoms with Gasteiger partial charge in [0, 0.05) is 31.5 Å². The van der Waals surface area contributed by atoms with E-state index in [2.05, 4.69) is 0 Å². The van der Waals surface area contributed by atoms with E-state index in [1.807, 2.05) is 32.0 Å². The Bertz CT molecular complexity index is 625. The van der Waals surface area contributed by atoms with Crippen LogP contribution in [0.2, 0.25) is 0 Å². The number of benzene rings is 1. The van der Waals surface area contributed by atoms with Gasteiger partial charge in [-0.15, -0.1) is 0 Å². The van der Waals surface area contributed by atoms with Crippen molar-refractivity contribution in [1.82, 2.24) is 4.90 Å². The van der Waals surface area contributed by atoms with Crippen LogP contribution in [-0.4, -0.2) is 35.6 Å². The van der Waals surface area contributed by atoms with Gasteiger partial charge in [0.05, 0.1) is 5.92 Å². The molecule has 1 unspecified atom stereocenters. The zero-order valence-corrected chi connectivity index (χ0v) is 13.8. The highest BCUT2D eigenvalue weighted by atomic mass is 16.2. The first-order chi connectivity index (χ1) is 10.9. The summed E-state index contributed by atoms with van der Waals surface area (Å²) in [7, 11) is 0. The van der Waals surface area contributed by atoms with Gasteiger partial charge >= 0.3 is 0 Å². The summed E-state index contributed by atoms with van der Waals surface area (Å²) in [5, 5.41) is 0. The Morgan fingerprint density at radius 1 is 1.22 bits per heavy atom. The fourth-order valence-corrected chi connectivity index (χ4v) is 2.99. The third-order valence-corrected chi connectivity index (χ3v) is 4.44. The minimum atomic E-state index is -0.353. The number of carbonyl (C=O) groups excluding carboxylic acids is 3. The number of hydrogen-bond donors (Lipinski definition) is 1. The number of nitrogens with zero attached hydrogens (tertiary/aromatic N) is 1. The molecule has 0 aliphatic carbocycles. The van der Waals surface area contributed by atoms with Gasteiger partial charge in [-0.1, -0.05) is 17.7 Å². The Balaban J connectivity index is 1.92. The lowest BCUT2D eigenvalue weighted by Crippen LogP contribution is -2.44. The SMILES string of the molecule is Cc1ccc(C)c(C(=O)CCC(=O)N2CCCC(C(N)=O)C2)c1. The molecule has 0 aromatic heterocycles. The number of nitrogens with two attached hydrogens (primary N) is 1. The molecular weight excluding hydrogens is 292 g/mol. The summed E-state index contributed by atoms with van der Waals surface area (Å²) in [5.41, 5.74) is 7.98. The van der Waals surface area contributed by atoms with Crippen LogP contribution in [-0.2, 0) is 9.59 Å². The number of Topliss-reactive ketones (excluding diaryl/α,β-unsaturated/α-hetero) is 1. The molecule has 0 spiro atoms. The number of amides is 2. The van der Waals surface area contributed by atoms with Gasteiger partial charge in [0.15, 0.2) is 5.78 Å². The van der Waals surface area contributed by atoms with Gasteiger partial charge in [0.1, 0.15) is 0 Å². The molecule has 5 heteroatoms. The minimum absolute atomic E-state index is 0.0111. The summed E-state index contributed by atoms with van der Waals surface area (Å²) < 4.78 is 0. The number of carbonyl (C=O) groups is 3. The second-order valence-electron chi connectivity index (χ2n) is 6.32. The highest BCUT2D eigenvalue weighted by Gasteiger charge is 2.27. The van der Waals surface area contributed by atoms with Gasteiger partial charge in [-0.2, -0.15) is 0 Å². The van der Waals surface area contributed by atoms with Crippen LogP contribution in [0.15, 0.2) is 18.2 Å². The number of piperidine rings is 1. The van der Waals surface area contributed by atoms with Gasteiger partial charge in [0.2, 0.25) is 11.8 Å². The van der Waals surface area contributed by atoms with Gasteiger partial charge in [-0.05, 0) is 38.3 Å². The summed E-state index contributed by atoms with van der Waals surface area (Å²) in [6, 6.07) is 5.76. The number of primary amides is 1. The van der Waals surface area contributed by atoms with Crippen molar-refractivity contribution < 1.29 is 14.4 Å². The highest BCUT2D eigenvalue weighted by molar-refractivity contribution is 5.99. The van der Waals surface area contributed by atoms with E-state index >= 15 is 0 Å². The van der Waals surface area contributed by atoms with Gasteiger partial charge in [-0.3, -0.25) is 14.4 Å². The van der Waals surface area contributed by atoms with Crippen molar-refractivity contribution >= 4 is 17.6 Å². The van der Waals surface area contributed by atoms with Crippen LogP contribution in [0.25, 0.3) is 0 Å². The van der Waals surface area contributed by atoms with Crippen LogP contribution in [0.1, 0.15) is 47.2 Å². The quantitative estimate of drug-likeness (QED) is 0.844. The first kappa shape index (κ1) is 17.2. The Morgan fingerprint density at radius 3 is 2.65 bits per heavy atom. The summed E-state index contributed by atoms with van der Waals surface area (Å²) in [5.74, 6) is -0.700. The fourth-order valence-electron chi connectivity index (χ4n) is 2.99. The lowest BCUT2D eigenvalue weighted by molar-refractivity contribution is -0.134. The second kappa shape index (κ2) is 7.40. The van der Waals surface area contributed by atoms with Gasteiger partial charge < -0.3 is 10.6 Å². The molecule has 1 fully saturated rings. The molecule has 1 aromatic carbocycles. The van der Waals surface area contributed by atoms with E-state index in [0.29, 0.717) is 18.7 Å². The Morgan fingerprint density at radius 2 is 1.96 bits per heavy atom. The van der Waals surface area contributed by atoms with E-state index in [1.165, 1.54) is 0 Å². The van der Waals surface area contributed by atoms with Crippen molar-refractivity contribution in [2.24, 2.45) is 11.7 Å². The monoisotopic (exact) mass is 316 g/mol. The van der Waals surface area contributed by atoms with Crippen molar-refractivity contribution in [3.63, 3.8) is 0 Å². The third kappa shape index (κ3) is 4.41. The molecule has 2 amide bonds. The van der Waals surface area contributed by atoms with Crippen molar-refractivity contribution in [1.29, 1.82) is 0 Å². The van der Waals surface area contributed by atoms with Gasteiger partial charge in [-0.25, -0.2) is 0 Å². The second-order valence-corrected chi connectivity index (χ2v) is 6.32. The molecule has 23 heavy (non-hydrogen) atoms. The van der Waals surface area contributed by atoms with Crippen LogP contribution in [0, 0.1) is 19.8 Å². The van der Waals surface area contributed by atoms with E-state index in [0.717, 1.165) is 24.0 Å². The maximum atomic E-state index is 12.3. The van der Waals surface area contributed by atoms with Crippen LogP contribution in [0.5, 0.6) is 0 Å². The molecule has 1 aliphatic heterocycles. The van der Waals surface area contributed by atoms with E-state index in [4.69, 9.17) is 5.73 Å². The molecule has 124 valence electrons. The molecule has 2 N–H and O–H groups in total. The lowest BCUT2D eigenvalue weighted by Gasteiger charge is -2.31. The molecule has 1 aliphatic rings. The van der Waals surface area contributed by atoms with Crippen molar-refractivity contribution in [3.8, 4) is 0 Å². The minimum Gasteiger partial charge on any atom is -0.369 e. The molecule has 0 bridgehead atoms. The van der Waals surface area contributed by atoms with Crippen molar-refractivity contribution in [2.45, 2.75) is 39.5 Å². The zero-order chi connectivity index (χ0) is 17.0. The van der Waals surface area contributed by atoms with Crippen molar-refractivity contribution in [3.05, 3.63) is 34.9 Å². The standard InChI is InChI=1S/C18H24N2O3/c1-12-5-6-13(2)15(10-12)16(21)7-8-17(22)20-9-3-4-14(11-20)18(19)23/h5-6,10,14H,3-4,7-9,11H2,1-2H3,(H2,19,23). The molecule has 0 radical (unpaired) electrons. The number of ketones is 1. The van der Waals surface area contributed by atoms with Gasteiger partial charge in [0.25, 0.3) is 0 Å². The molecule has 0 saturated carbocycles. The fraction of sp³-hybridized carbons (Fsp3) is 0.500. The Kier molecular flexibility index (Phi) is 5.53. The molecule has 5 nitrogen and oxygen atoms in total. The largest absolute Gasteiger partial charge is 0.369 e. The maximum absolute atomic E-state index is 12.3. The van der Waals surface area contributed by atoms with E-state index in [9.17, 15) is 14.4 Å². The molecule has 2 rings (SSSR count). The van der Waals surface area contributed by atoms with Crippen molar-refractivity contribution in [2.75, 3.05) is 13.1 Å². The zero-order valence-electron chi connectivity index (χ0n) is 13.8. The third-order valence-electron chi connectivity index (χ3n) is 4.44. The predicted octanol–water partition coefficient (Wildman–Crippen LogP) is 1.99. The number of hydrogen-bond acceptors (Lipinski definition) is 3. The average Bonchev–Trinajstić information content (AvgIpc) is 2.54. The van der Waals surface area contributed by atoms with Crippen LogP contribution < -0.4 is 5.73 Å². The first-order valence-electron chi connectivity index (χ1n) is 8.06. The normalized spacial score (nSPS) is 17.8. The molecular formula is C18H24N2O3. The van der Waals surface area contributed by atoms with Crippen LogP contribution >= 0.6 is 0 Å². The summed E-state index contributed by atoms with van der Waals surface area (Å²) in [6.07, 6.45) is 1.89. The summed E-state index contributed by atoms with van der Waals surface area (Å²) >= 11 is 0. The van der Waals surface area contributed by atoms with Crippen LogP contribution in [0.3, 0.4) is 0 Å². The molecule has 1 saturated heterocycles. The maximum Gasteiger partial charge on any atom is 0.223 e. The number of rotatable bonds is 5. The number of aryl methyl sites for hydroxylation is 2. The average molecular weight is 316 g/mol. The lowest BCUT2D eigenvalue weighted by atomic mass is 9.96. The Labute approximate surface area is 136 Å². The highest BCUT2D eigenvalue weighted by Crippen LogP contribution is 2.18. The molecule has 1 aromatic rings. The van der Waals surface area contributed by atoms with E-state index in [1.54, 1.807) is 4.90 Å². The summed E-state index contributed by atoms with van der Waals surface area (Å²) in [4.78, 5) is 37.5. The van der Waals surface area contributed by atoms with E-state index in [-0.39, 0.29) is 36.4 Å². The number of likely N-dealkylation sites (tertiary alicyclic amines) is 1. The summed E-state index contributed by atoms with van der Waals surface area (Å²) in [6.45, 7) is 4.86. The smallest absolute Gasteiger partial charge is 0.223 e. The predicted molar refractivity (Wildman–Crippen MR) is 88.0 cm³/mol. The first-order valence-corrected chi connectivity index (χ1v) is 8.06. The Hall–Kier alpha value is -2.17. The topological polar surface area (TPSA) is 80.5 Å².